The van der Waals surface area contributed by atoms with Crippen molar-refractivity contribution in [1.82, 2.24) is 29.5 Å². The number of hydrogen-bond donors (Lipinski definition) is 1. The van der Waals surface area contributed by atoms with Crippen LogP contribution in [0.1, 0.15) is 30.4 Å². The molecule has 1 atom stereocenters. The largest absolute Gasteiger partial charge is 0.382 e. The minimum Gasteiger partial charge on any atom is -0.382 e. The van der Waals surface area contributed by atoms with Crippen LogP contribution in [0.4, 0.5) is 13.6 Å². The second-order valence-electron chi connectivity index (χ2n) is 10.9. The lowest BCUT2D eigenvalue weighted by atomic mass is 9.92. The zero-order valence-corrected chi connectivity index (χ0v) is 26.4. The molecule has 5 rings (SSSR count). The summed E-state index contributed by atoms with van der Waals surface area (Å²) in [6.07, 6.45) is 5.49. The Balaban J connectivity index is 1.09. The highest BCUT2D eigenvalue weighted by Crippen LogP contribution is 2.34. The number of aromatic nitrogens is 3. The average Bonchev–Trinajstić information content (AvgIpc) is 3.59. The Morgan fingerprint density at radius 2 is 1.82 bits per heavy atom. The lowest BCUT2D eigenvalue weighted by Crippen LogP contribution is -2.53. The van der Waals surface area contributed by atoms with Gasteiger partial charge in [-0.05, 0) is 54.4 Å². The van der Waals surface area contributed by atoms with Gasteiger partial charge in [-0.25, -0.2) is 18.4 Å². The van der Waals surface area contributed by atoms with E-state index in [1.54, 1.807) is 29.2 Å². The van der Waals surface area contributed by atoms with Crippen LogP contribution in [0.3, 0.4) is 0 Å². The van der Waals surface area contributed by atoms with E-state index in [4.69, 9.17) is 23.2 Å². The molecule has 3 amide bonds. The summed E-state index contributed by atoms with van der Waals surface area (Å²) in [4.78, 5) is 47.2. The van der Waals surface area contributed by atoms with E-state index in [-0.39, 0.29) is 47.7 Å². The maximum atomic E-state index is 14.8. The third kappa shape index (κ3) is 8.08. The maximum absolute atomic E-state index is 14.8. The fraction of sp³-hybridized carbons (Fsp3) is 0.367. The first-order valence-electron chi connectivity index (χ1n) is 14.2. The first kappa shape index (κ1) is 33.0. The van der Waals surface area contributed by atoms with Gasteiger partial charge in [-0.1, -0.05) is 35.3 Å². The molecule has 45 heavy (non-hydrogen) atoms. The number of hydrogen-bond acceptors (Lipinski definition) is 8. The van der Waals surface area contributed by atoms with Crippen molar-refractivity contribution >= 4 is 58.1 Å². The van der Waals surface area contributed by atoms with Crippen LogP contribution in [-0.4, -0.2) is 90.9 Å². The lowest BCUT2D eigenvalue weighted by Gasteiger charge is -2.39. The first-order chi connectivity index (χ1) is 21.5. The molecule has 0 saturated carbocycles. The number of carbonyl (C=O) groups excluding carboxylic acids is 3. The van der Waals surface area contributed by atoms with Crippen molar-refractivity contribution in [2.45, 2.75) is 31.4 Å². The molecule has 0 spiro atoms. The molecule has 2 aliphatic heterocycles. The van der Waals surface area contributed by atoms with Gasteiger partial charge in [0.2, 0.25) is 5.91 Å². The van der Waals surface area contributed by atoms with Gasteiger partial charge in [0.05, 0.1) is 11.4 Å². The number of carbonyl (C=O) groups is 3. The number of benzene rings is 2. The number of thioether (sulfide) groups is 1. The van der Waals surface area contributed by atoms with Crippen molar-refractivity contribution in [1.29, 1.82) is 0 Å². The van der Waals surface area contributed by atoms with Gasteiger partial charge in [-0.2, -0.15) is 5.10 Å². The summed E-state index contributed by atoms with van der Waals surface area (Å²) in [7, 11) is 0. The Morgan fingerprint density at radius 1 is 1.04 bits per heavy atom. The molecule has 1 N–H and O–H groups in total. The van der Waals surface area contributed by atoms with Crippen LogP contribution in [0.2, 0.25) is 10.0 Å². The molecule has 2 fully saturated rings. The van der Waals surface area contributed by atoms with Gasteiger partial charge in [0.1, 0.15) is 29.9 Å². The predicted octanol–water partition coefficient (Wildman–Crippen LogP) is 4.80. The monoisotopic (exact) mass is 678 g/mol. The number of nitrogens with zero attached hydrogens (tertiary/aromatic N) is 6. The van der Waals surface area contributed by atoms with Gasteiger partial charge in [0.25, 0.3) is 11.1 Å². The zero-order valence-electron chi connectivity index (χ0n) is 24.0. The second kappa shape index (κ2) is 14.4. The quantitative estimate of drug-likeness (QED) is 0.227. The first-order valence-corrected chi connectivity index (χ1v) is 15.8. The van der Waals surface area contributed by atoms with Crippen LogP contribution in [0.5, 0.6) is 0 Å². The smallest absolute Gasteiger partial charge is 0.293 e. The minimum absolute atomic E-state index is 0.0357. The van der Waals surface area contributed by atoms with E-state index in [2.05, 4.69) is 10.1 Å². The Bertz CT molecular complexity index is 1600. The molecule has 1 unspecified atom stereocenters. The Kier molecular flexibility index (Phi) is 10.6. The van der Waals surface area contributed by atoms with Crippen LogP contribution in [-0.2, 0) is 21.7 Å². The number of aliphatic hydroxyl groups is 1. The fourth-order valence-electron chi connectivity index (χ4n) is 5.35. The Morgan fingerprint density at radius 3 is 2.51 bits per heavy atom. The topological polar surface area (TPSA) is 112 Å². The van der Waals surface area contributed by atoms with Crippen LogP contribution in [0, 0.1) is 11.6 Å². The van der Waals surface area contributed by atoms with Gasteiger partial charge in [0.15, 0.2) is 0 Å². The highest BCUT2D eigenvalue weighted by molar-refractivity contribution is 8.18. The third-order valence-electron chi connectivity index (χ3n) is 7.68. The summed E-state index contributed by atoms with van der Waals surface area (Å²) in [5.41, 5.74) is -1.20. The van der Waals surface area contributed by atoms with E-state index in [1.165, 1.54) is 28.3 Å². The summed E-state index contributed by atoms with van der Waals surface area (Å²) in [5, 5.41) is 16.1. The van der Waals surface area contributed by atoms with E-state index in [0.29, 0.717) is 54.6 Å². The molecule has 238 valence electrons. The van der Waals surface area contributed by atoms with E-state index in [1.807, 2.05) is 4.90 Å². The lowest BCUT2D eigenvalue weighted by molar-refractivity contribution is -0.133. The van der Waals surface area contributed by atoms with E-state index in [9.17, 15) is 28.3 Å². The molecular weight excluding hydrogens is 649 g/mol. The number of rotatable bonds is 11. The number of unbranched alkanes of at least 4 members (excludes halogenated alkanes) is 1. The van der Waals surface area contributed by atoms with Gasteiger partial charge in [-0.15, -0.1) is 0 Å². The van der Waals surface area contributed by atoms with E-state index < -0.39 is 23.1 Å². The van der Waals surface area contributed by atoms with Crippen LogP contribution < -0.4 is 0 Å². The maximum Gasteiger partial charge on any atom is 0.293 e. The molecule has 3 heterocycles. The normalized spacial score (nSPS) is 18.2. The third-order valence-corrected chi connectivity index (χ3v) is 9.15. The number of amides is 3. The molecule has 10 nitrogen and oxygen atoms in total. The Labute approximate surface area is 272 Å². The molecule has 3 aromatic rings. The number of β-amino-alcohol motifs (C(OH)–C–C–N with tert-alkyl or cyclic N) is 1. The van der Waals surface area contributed by atoms with Crippen molar-refractivity contribution < 1.29 is 28.3 Å². The minimum atomic E-state index is -1.73. The molecule has 15 heteroatoms. The molecule has 0 radical (unpaired) electrons. The number of piperazine rings is 1. The second-order valence-corrected chi connectivity index (χ2v) is 12.7. The summed E-state index contributed by atoms with van der Waals surface area (Å²) in [6.45, 7) is 1.83. The predicted molar refractivity (Wildman–Crippen MR) is 166 cm³/mol. The highest BCUT2D eigenvalue weighted by atomic mass is 35.5. The van der Waals surface area contributed by atoms with Crippen LogP contribution in [0.15, 0.2) is 54.0 Å². The molecule has 2 saturated heterocycles. The summed E-state index contributed by atoms with van der Waals surface area (Å²) in [5.74, 6) is -2.06. The molecule has 2 aromatic carbocycles. The van der Waals surface area contributed by atoms with Crippen molar-refractivity contribution in [2.75, 3.05) is 39.3 Å². The van der Waals surface area contributed by atoms with Crippen molar-refractivity contribution in [2.24, 2.45) is 0 Å². The van der Waals surface area contributed by atoms with E-state index >= 15 is 0 Å². The van der Waals surface area contributed by atoms with Gasteiger partial charge < -0.3 is 10.0 Å². The van der Waals surface area contributed by atoms with Gasteiger partial charge in [0, 0.05) is 67.4 Å². The van der Waals surface area contributed by atoms with Crippen molar-refractivity contribution in [3.8, 4) is 0 Å². The summed E-state index contributed by atoms with van der Waals surface area (Å²) < 4.78 is 29.7. The molecule has 0 aliphatic carbocycles. The standard InChI is InChI=1S/C30H30Cl2F2N6O4S/c31-21-5-4-20(24(32)14-21)13-26-28(42)40(29(43)45-26)8-2-1-3-27(41)38-11-9-37(10-12-38)16-30(44,17-39-19-35-18-36-39)23-7-6-22(33)15-25(23)34/h4-7,13-15,18-19,44H,1-3,8-12,16-17H2. The summed E-state index contributed by atoms with van der Waals surface area (Å²) >= 11 is 13.0. The molecule has 2 aliphatic rings. The molecular formula is C30H30Cl2F2N6O4S. The molecule has 0 bridgehead atoms. The summed E-state index contributed by atoms with van der Waals surface area (Å²) in [6, 6.07) is 7.95. The Hall–Kier alpha value is -3.36. The van der Waals surface area contributed by atoms with Gasteiger partial charge >= 0.3 is 0 Å². The van der Waals surface area contributed by atoms with Crippen LogP contribution in [0.25, 0.3) is 6.08 Å². The number of halogens is 4. The van der Waals surface area contributed by atoms with Crippen molar-refractivity contribution in [3.05, 3.63) is 86.8 Å². The molecule has 1 aromatic heterocycles. The SMILES string of the molecule is O=C(CCCCN1C(=O)SC(=Cc2ccc(Cl)cc2Cl)C1=O)N1CCN(CC(O)(Cn2cncn2)c2ccc(F)cc2F)CC1. The number of imide groups is 1. The highest BCUT2D eigenvalue weighted by Gasteiger charge is 2.37. The zero-order chi connectivity index (χ0) is 32.1. The average molecular weight is 680 g/mol. The van der Waals surface area contributed by atoms with Crippen LogP contribution >= 0.6 is 35.0 Å². The fourth-order valence-corrected chi connectivity index (χ4v) is 6.67. The van der Waals surface area contributed by atoms with Crippen molar-refractivity contribution in [3.63, 3.8) is 0 Å². The van der Waals surface area contributed by atoms with E-state index in [0.717, 1.165) is 23.9 Å². The van der Waals surface area contributed by atoms with Gasteiger partial charge in [-0.3, -0.25) is 24.2 Å².